The Hall–Kier alpha value is -0.780. The third-order valence-electron chi connectivity index (χ3n) is 2.93. The molecular weight excluding hydrogens is 218 g/mol. The van der Waals surface area contributed by atoms with E-state index in [9.17, 15) is 9.59 Å². The zero-order valence-electron chi connectivity index (χ0n) is 11.1. The maximum absolute atomic E-state index is 11.9. The standard InChI is InChI=1S/C12H25N3O2/c1-4-9(14-2)11(16)12(17)10(15-3)7-5-6-8-13/h9-10,14-15H,4-8,13H2,1-3H3/t9?,10-/m0/s1. The fourth-order valence-electron chi connectivity index (χ4n) is 1.76. The van der Waals surface area contributed by atoms with Crippen LogP contribution in [0.1, 0.15) is 32.6 Å². The lowest BCUT2D eigenvalue weighted by atomic mass is 9.97. The molecule has 5 heteroatoms. The van der Waals surface area contributed by atoms with Gasteiger partial charge < -0.3 is 16.4 Å². The van der Waals surface area contributed by atoms with Crippen molar-refractivity contribution in [1.29, 1.82) is 0 Å². The second-order valence-corrected chi connectivity index (χ2v) is 4.10. The number of likely N-dealkylation sites (N-methyl/N-ethyl adjacent to an activating group) is 2. The summed E-state index contributed by atoms with van der Waals surface area (Å²) in [6.07, 6.45) is 3.03. The minimum Gasteiger partial charge on any atom is -0.330 e. The molecule has 0 saturated carbocycles. The van der Waals surface area contributed by atoms with Crippen LogP contribution in [0.5, 0.6) is 0 Å². The van der Waals surface area contributed by atoms with Crippen molar-refractivity contribution in [2.24, 2.45) is 5.73 Å². The molecule has 0 aromatic heterocycles. The molecule has 0 heterocycles. The maximum Gasteiger partial charge on any atom is 0.216 e. The minimum absolute atomic E-state index is 0.328. The Kier molecular flexibility index (Phi) is 8.85. The molecule has 0 aliphatic heterocycles. The van der Waals surface area contributed by atoms with E-state index in [1.165, 1.54) is 0 Å². The number of rotatable bonds is 10. The molecular formula is C12H25N3O2. The fourth-order valence-corrected chi connectivity index (χ4v) is 1.76. The molecule has 5 nitrogen and oxygen atoms in total. The summed E-state index contributed by atoms with van der Waals surface area (Å²) in [6.45, 7) is 2.50. The quantitative estimate of drug-likeness (QED) is 0.367. The van der Waals surface area contributed by atoms with E-state index in [4.69, 9.17) is 5.73 Å². The largest absolute Gasteiger partial charge is 0.330 e. The molecule has 1 unspecified atom stereocenters. The van der Waals surface area contributed by atoms with Crippen molar-refractivity contribution >= 4 is 11.6 Å². The van der Waals surface area contributed by atoms with Gasteiger partial charge in [0.25, 0.3) is 0 Å². The van der Waals surface area contributed by atoms with E-state index >= 15 is 0 Å². The van der Waals surface area contributed by atoms with Gasteiger partial charge in [-0.05, 0) is 39.9 Å². The number of nitrogens with two attached hydrogens (primary N) is 1. The second kappa shape index (κ2) is 9.27. The van der Waals surface area contributed by atoms with Crippen molar-refractivity contribution in [1.82, 2.24) is 10.6 Å². The molecule has 0 saturated heterocycles. The van der Waals surface area contributed by atoms with Crippen LogP contribution in [0.25, 0.3) is 0 Å². The lowest BCUT2D eigenvalue weighted by Gasteiger charge is -2.17. The summed E-state index contributed by atoms with van der Waals surface area (Å²) >= 11 is 0. The molecule has 17 heavy (non-hydrogen) atoms. The van der Waals surface area contributed by atoms with Crippen molar-refractivity contribution < 1.29 is 9.59 Å². The number of hydrogen-bond donors (Lipinski definition) is 3. The molecule has 0 spiro atoms. The van der Waals surface area contributed by atoms with Crippen molar-refractivity contribution in [3.8, 4) is 0 Å². The predicted octanol–water partition coefficient (Wildman–Crippen LogP) is -0.160. The minimum atomic E-state index is -0.378. The van der Waals surface area contributed by atoms with Gasteiger partial charge in [-0.1, -0.05) is 13.3 Å². The summed E-state index contributed by atoms with van der Waals surface area (Å²) < 4.78 is 0. The molecule has 0 bridgehead atoms. The second-order valence-electron chi connectivity index (χ2n) is 4.10. The Morgan fingerprint density at radius 2 is 1.59 bits per heavy atom. The molecule has 100 valence electrons. The Morgan fingerprint density at radius 1 is 1.06 bits per heavy atom. The molecule has 0 fully saturated rings. The zero-order valence-corrected chi connectivity index (χ0v) is 11.1. The Labute approximate surface area is 104 Å². The Balaban J connectivity index is 4.36. The van der Waals surface area contributed by atoms with E-state index in [2.05, 4.69) is 10.6 Å². The molecule has 0 amide bonds. The summed E-state index contributed by atoms with van der Waals surface area (Å²) in [4.78, 5) is 23.8. The molecule has 0 rings (SSSR count). The molecule has 0 aliphatic carbocycles. The van der Waals surface area contributed by atoms with Gasteiger partial charge in [-0.2, -0.15) is 0 Å². The van der Waals surface area contributed by atoms with Gasteiger partial charge in [0.05, 0.1) is 12.1 Å². The first-order valence-corrected chi connectivity index (χ1v) is 6.24. The highest BCUT2D eigenvalue weighted by molar-refractivity contribution is 6.41. The molecule has 2 atom stereocenters. The van der Waals surface area contributed by atoms with E-state index in [1.54, 1.807) is 14.1 Å². The van der Waals surface area contributed by atoms with E-state index in [-0.39, 0.29) is 23.7 Å². The molecule has 0 radical (unpaired) electrons. The predicted molar refractivity (Wildman–Crippen MR) is 68.9 cm³/mol. The summed E-state index contributed by atoms with van der Waals surface area (Å²) in [5, 5.41) is 5.77. The van der Waals surface area contributed by atoms with Crippen LogP contribution in [0.3, 0.4) is 0 Å². The van der Waals surface area contributed by atoms with Crippen molar-refractivity contribution in [3.05, 3.63) is 0 Å². The number of hydrogen-bond acceptors (Lipinski definition) is 5. The van der Waals surface area contributed by atoms with Crippen LogP contribution in [0.4, 0.5) is 0 Å². The topological polar surface area (TPSA) is 84.2 Å². The number of carbonyl (C=O) groups excluding carboxylic acids is 2. The van der Waals surface area contributed by atoms with Gasteiger partial charge in [-0.15, -0.1) is 0 Å². The summed E-state index contributed by atoms with van der Waals surface area (Å²) in [7, 11) is 3.40. The van der Waals surface area contributed by atoms with Gasteiger partial charge in [-0.25, -0.2) is 0 Å². The van der Waals surface area contributed by atoms with Crippen molar-refractivity contribution in [2.45, 2.75) is 44.7 Å². The van der Waals surface area contributed by atoms with Crippen molar-refractivity contribution in [2.75, 3.05) is 20.6 Å². The van der Waals surface area contributed by atoms with Gasteiger partial charge in [0.2, 0.25) is 11.6 Å². The fraction of sp³-hybridized carbons (Fsp3) is 0.833. The highest BCUT2D eigenvalue weighted by atomic mass is 16.2. The van der Waals surface area contributed by atoms with Crippen LogP contribution in [0, 0.1) is 0 Å². The highest BCUT2D eigenvalue weighted by Crippen LogP contribution is 2.04. The Morgan fingerprint density at radius 3 is 2.00 bits per heavy atom. The average Bonchev–Trinajstić information content (AvgIpc) is 2.35. The van der Waals surface area contributed by atoms with Gasteiger partial charge >= 0.3 is 0 Å². The third-order valence-corrected chi connectivity index (χ3v) is 2.93. The van der Waals surface area contributed by atoms with Crippen LogP contribution in [0.15, 0.2) is 0 Å². The first kappa shape index (κ1) is 16.2. The van der Waals surface area contributed by atoms with E-state index in [0.29, 0.717) is 19.4 Å². The Bertz CT molecular complexity index is 240. The van der Waals surface area contributed by atoms with E-state index in [1.807, 2.05) is 6.92 Å². The first-order chi connectivity index (χ1) is 8.12. The lowest BCUT2D eigenvalue weighted by Crippen LogP contribution is -2.46. The molecule has 4 N–H and O–H groups in total. The number of ketones is 2. The normalized spacial score (nSPS) is 14.4. The van der Waals surface area contributed by atoms with Crippen LogP contribution in [-0.4, -0.2) is 44.3 Å². The number of carbonyl (C=O) groups is 2. The molecule has 0 aliphatic rings. The molecule has 0 aromatic rings. The zero-order chi connectivity index (χ0) is 13.3. The van der Waals surface area contributed by atoms with Gasteiger partial charge in [-0.3, -0.25) is 9.59 Å². The van der Waals surface area contributed by atoms with Gasteiger partial charge in [0, 0.05) is 0 Å². The maximum atomic E-state index is 11.9. The van der Waals surface area contributed by atoms with Gasteiger partial charge in [0.1, 0.15) is 0 Å². The van der Waals surface area contributed by atoms with Crippen LogP contribution < -0.4 is 16.4 Å². The number of nitrogens with one attached hydrogen (secondary N) is 2. The third kappa shape index (κ3) is 5.39. The highest BCUT2D eigenvalue weighted by Gasteiger charge is 2.28. The summed E-state index contributed by atoms with van der Waals surface area (Å²) in [5.74, 6) is -0.659. The smallest absolute Gasteiger partial charge is 0.216 e. The van der Waals surface area contributed by atoms with E-state index in [0.717, 1.165) is 12.8 Å². The van der Waals surface area contributed by atoms with E-state index < -0.39 is 0 Å². The average molecular weight is 243 g/mol. The SMILES string of the molecule is CCC(NC)C(=O)C(=O)[C@H](CCCCN)NC. The summed E-state index contributed by atoms with van der Waals surface area (Å²) in [5.41, 5.74) is 5.40. The first-order valence-electron chi connectivity index (χ1n) is 6.24. The van der Waals surface area contributed by atoms with Crippen molar-refractivity contribution in [3.63, 3.8) is 0 Å². The number of Topliss-reactive ketones (excluding diaryl/α,β-unsaturated/α-hetero) is 2. The monoisotopic (exact) mass is 243 g/mol. The van der Waals surface area contributed by atoms with Crippen LogP contribution in [-0.2, 0) is 9.59 Å². The van der Waals surface area contributed by atoms with Gasteiger partial charge in [0.15, 0.2) is 0 Å². The van der Waals surface area contributed by atoms with Crippen LogP contribution >= 0.6 is 0 Å². The van der Waals surface area contributed by atoms with Crippen LogP contribution in [0.2, 0.25) is 0 Å². The lowest BCUT2D eigenvalue weighted by molar-refractivity contribution is -0.139. The number of unbranched alkanes of at least 4 members (excludes halogenated alkanes) is 1. The molecule has 0 aromatic carbocycles. The summed E-state index contributed by atoms with van der Waals surface area (Å²) in [6, 6.07) is -0.746.